The largest absolute Gasteiger partial charge is 0.470 e. The van der Waals surface area contributed by atoms with E-state index in [2.05, 4.69) is 19.9 Å². The molecule has 1 atom stereocenters. The van der Waals surface area contributed by atoms with Crippen LogP contribution >= 0.6 is 0 Å². The Balaban J connectivity index is 1.66. The van der Waals surface area contributed by atoms with Gasteiger partial charge in [0.2, 0.25) is 5.69 Å². The molecule has 0 aliphatic carbocycles. The maximum atomic E-state index is 12.3. The molecule has 1 saturated heterocycles. The van der Waals surface area contributed by atoms with Gasteiger partial charge in [0.1, 0.15) is 17.9 Å². The van der Waals surface area contributed by atoms with Crippen LogP contribution in [-0.4, -0.2) is 49.9 Å². The first-order valence-corrected chi connectivity index (χ1v) is 6.71. The lowest BCUT2D eigenvalue weighted by molar-refractivity contribution is 0.0764. The molecule has 0 radical (unpaired) electrons. The predicted molar refractivity (Wildman–Crippen MR) is 73.7 cm³/mol. The Morgan fingerprint density at radius 1 is 1.27 bits per heavy atom. The minimum Gasteiger partial charge on any atom is -0.470 e. The molecule has 1 unspecified atom stereocenters. The van der Waals surface area contributed by atoms with E-state index < -0.39 is 0 Å². The fourth-order valence-electron chi connectivity index (χ4n) is 2.23. The van der Waals surface area contributed by atoms with Gasteiger partial charge in [-0.1, -0.05) is 0 Å². The van der Waals surface area contributed by atoms with E-state index in [9.17, 15) is 4.79 Å². The molecule has 0 spiro atoms. The molecule has 3 heterocycles. The van der Waals surface area contributed by atoms with Gasteiger partial charge < -0.3 is 9.64 Å². The molecule has 0 saturated carbocycles. The summed E-state index contributed by atoms with van der Waals surface area (Å²) in [6, 6.07) is 1.93. The second-order valence-electron chi connectivity index (χ2n) is 4.69. The number of ether oxygens (including phenoxy) is 1. The minimum atomic E-state index is -0.218. The van der Waals surface area contributed by atoms with Crippen LogP contribution in [-0.2, 0) is 0 Å². The molecule has 0 aromatic carbocycles. The topological polar surface area (TPSA) is 105 Å². The van der Waals surface area contributed by atoms with Crippen molar-refractivity contribution in [3.05, 3.63) is 42.4 Å². The molecule has 3 rings (SSSR count). The van der Waals surface area contributed by atoms with E-state index in [0.29, 0.717) is 25.2 Å². The highest BCUT2D eigenvalue weighted by Gasteiger charge is 2.29. The molecule has 8 heteroatoms. The average Bonchev–Trinajstić information content (AvgIpc) is 3.04. The maximum Gasteiger partial charge on any atom is 0.274 e. The van der Waals surface area contributed by atoms with Gasteiger partial charge in [0.25, 0.3) is 11.8 Å². The number of nitriles is 1. The Morgan fingerprint density at radius 3 is 2.86 bits per heavy atom. The van der Waals surface area contributed by atoms with Gasteiger partial charge in [0.15, 0.2) is 0 Å². The second-order valence-corrected chi connectivity index (χ2v) is 4.69. The number of hydrogen-bond acceptors (Lipinski definition) is 7. The van der Waals surface area contributed by atoms with E-state index in [1.54, 1.807) is 4.90 Å². The first kappa shape index (κ1) is 13.9. The van der Waals surface area contributed by atoms with Gasteiger partial charge in [-0.15, -0.1) is 0 Å². The number of carbonyl (C=O) groups is 1. The summed E-state index contributed by atoms with van der Waals surface area (Å²) >= 11 is 0. The molecule has 8 nitrogen and oxygen atoms in total. The molecule has 1 fully saturated rings. The fraction of sp³-hybridized carbons (Fsp3) is 0.286. The summed E-state index contributed by atoms with van der Waals surface area (Å²) in [5, 5.41) is 8.97. The number of aromatic nitrogens is 4. The maximum absolute atomic E-state index is 12.3. The van der Waals surface area contributed by atoms with Crippen LogP contribution in [0.25, 0.3) is 0 Å². The van der Waals surface area contributed by atoms with Crippen molar-refractivity contribution in [2.45, 2.75) is 12.5 Å². The van der Waals surface area contributed by atoms with Gasteiger partial charge in [0, 0.05) is 37.8 Å². The van der Waals surface area contributed by atoms with Crippen LogP contribution in [0.15, 0.2) is 31.0 Å². The molecule has 2 aromatic rings. The van der Waals surface area contributed by atoms with Crippen molar-refractivity contribution in [3.63, 3.8) is 0 Å². The summed E-state index contributed by atoms with van der Waals surface area (Å²) < 4.78 is 5.69. The van der Waals surface area contributed by atoms with E-state index in [4.69, 9.17) is 10.00 Å². The SMILES string of the molecule is N#Cc1nccnc1OC1CCN(C(=O)c2cnccn2)C1. The van der Waals surface area contributed by atoms with Crippen LogP contribution in [0.4, 0.5) is 0 Å². The van der Waals surface area contributed by atoms with Gasteiger partial charge in [-0.3, -0.25) is 9.78 Å². The van der Waals surface area contributed by atoms with Gasteiger partial charge in [-0.25, -0.2) is 15.0 Å². The van der Waals surface area contributed by atoms with Crippen molar-refractivity contribution >= 4 is 5.91 Å². The highest BCUT2D eigenvalue weighted by atomic mass is 16.5. The van der Waals surface area contributed by atoms with Gasteiger partial charge in [-0.2, -0.15) is 5.26 Å². The third-order valence-corrected chi connectivity index (χ3v) is 3.26. The van der Waals surface area contributed by atoms with Crippen LogP contribution in [0, 0.1) is 11.3 Å². The highest BCUT2D eigenvalue weighted by Crippen LogP contribution is 2.19. The third-order valence-electron chi connectivity index (χ3n) is 3.26. The summed E-state index contributed by atoms with van der Waals surface area (Å²) in [4.78, 5) is 29.7. The van der Waals surface area contributed by atoms with Crippen molar-refractivity contribution in [2.75, 3.05) is 13.1 Å². The Bertz CT molecular complexity index is 715. The molecule has 110 valence electrons. The summed E-state index contributed by atoms with van der Waals surface area (Å²) in [5.74, 6) is 0.0163. The molecule has 0 bridgehead atoms. The summed E-state index contributed by atoms with van der Waals surface area (Å²) in [6.07, 6.45) is 7.78. The zero-order valence-corrected chi connectivity index (χ0v) is 11.6. The standard InChI is InChI=1S/C14H12N6O2/c15-7-11-13(19-5-4-17-11)22-10-1-6-20(9-10)14(21)12-8-16-2-3-18-12/h2-5,8,10H,1,6,9H2. The van der Waals surface area contributed by atoms with Crippen LogP contribution in [0.2, 0.25) is 0 Å². The normalized spacial score (nSPS) is 17.0. The third kappa shape index (κ3) is 2.83. The van der Waals surface area contributed by atoms with E-state index in [0.717, 1.165) is 0 Å². The van der Waals surface area contributed by atoms with Crippen molar-refractivity contribution in [1.82, 2.24) is 24.8 Å². The summed E-state index contributed by atoms with van der Waals surface area (Å²) in [5.41, 5.74) is 0.446. The molecule has 1 aliphatic rings. The monoisotopic (exact) mass is 296 g/mol. The summed E-state index contributed by atoms with van der Waals surface area (Å²) in [6.45, 7) is 0.971. The quantitative estimate of drug-likeness (QED) is 0.808. The molecule has 2 aromatic heterocycles. The number of carbonyl (C=O) groups excluding carboxylic acids is 1. The first-order valence-electron chi connectivity index (χ1n) is 6.71. The molecular weight excluding hydrogens is 284 g/mol. The lowest BCUT2D eigenvalue weighted by Crippen LogP contribution is -2.31. The molecule has 22 heavy (non-hydrogen) atoms. The molecule has 1 amide bonds. The Labute approximate surface area is 126 Å². The van der Waals surface area contributed by atoms with Gasteiger partial charge >= 0.3 is 0 Å². The molecule has 1 aliphatic heterocycles. The van der Waals surface area contributed by atoms with Crippen LogP contribution < -0.4 is 4.74 Å². The molecular formula is C14H12N6O2. The number of likely N-dealkylation sites (tertiary alicyclic amines) is 1. The molecule has 0 N–H and O–H groups in total. The summed E-state index contributed by atoms with van der Waals surface area (Å²) in [7, 11) is 0. The Hall–Kier alpha value is -3.08. The Morgan fingerprint density at radius 2 is 2.09 bits per heavy atom. The number of nitrogens with zero attached hydrogens (tertiary/aromatic N) is 6. The highest BCUT2D eigenvalue weighted by molar-refractivity contribution is 5.92. The van der Waals surface area contributed by atoms with Crippen molar-refractivity contribution in [2.24, 2.45) is 0 Å². The van der Waals surface area contributed by atoms with Crippen molar-refractivity contribution in [3.8, 4) is 11.9 Å². The lowest BCUT2D eigenvalue weighted by Gasteiger charge is -2.16. The first-order chi connectivity index (χ1) is 10.8. The predicted octanol–water partition coefficient (Wildman–Crippen LogP) is 0.432. The second kappa shape index (κ2) is 6.13. The van der Waals surface area contributed by atoms with Crippen molar-refractivity contribution in [1.29, 1.82) is 5.26 Å². The lowest BCUT2D eigenvalue weighted by atomic mass is 10.3. The van der Waals surface area contributed by atoms with E-state index >= 15 is 0 Å². The van der Waals surface area contributed by atoms with Gasteiger partial charge in [-0.05, 0) is 0 Å². The van der Waals surface area contributed by atoms with E-state index in [1.807, 2.05) is 6.07 Å². The Kier molecular flexibility index (Phi) is 3.87. The average molecular weight is 296 g/mol. The smallest absolute Gasteiger partial charge is 0.274 e. The van der Waals surface area contributed by atoms with Crippen LogP contribution in [0.3, 0.4) is 0 Å². The minimum absolute atomic E-state index is 0.140. The van der Waals surface area contributed by atoms with E-state index in [1.165, 1.54) is 31.0 Å². The number of amides is 1. The van der Waals surface area contributed by atoms with Crippen molar-refractivity contribution < 1.29 is 9.53 Å². The zero-order valence-electron chi connectivity index (χ0n) is 11.6. The van der Waals surface area contributed by atoms with Gasteiger partial charge in [0.05, 0.1) is 12.7 Å². The van der Waals surface area contributed by atoms with E-state index in [-0.39, 0.29) is 23.6 Å². The van der Waals surface area contributed by atoms with Crippen LogP contribution in [0.5, 0.6) is 5.88 Å². The number of hydrogen-bond donors (Lipinski definition) is 0. The zero-order chi connectivity index (χ0) is 15.4. The van der Waals surface area contributed by atoms with Crippen LogP contribution in [0.1, 0.15) is 22.6 Å². The number of rotatable bonds is 3. The fourth-order valence-corrected chi connectivity index (χ4v) is 2.23.